The molecule has 0 aliphatic carbocycles. The van der Waals surface area contributed by atoms with Crippen molar-refractivity contribution in [3.8, 4) is 5.75 Å². The summed E-state index contributed by atoms with van der Waals surface area (Å²) in [6.45, 7) is 0. The van der Waals surface area contributed by atoms with Crippen LogP contribution in [0.4, 0.5) is 0 Å². The standard InChI is InChI=1S/C6H6O.2Na.H2O.2H/c7-6-4-2-1-3-5-6;;;;;/h1-5,7H;;;1H2;;. The number of para-hydroxylation sites is 1. The Morgan fingerprint density at radius 2 is 1.30 bits per heavy atom. The molecule has 1 rings (SSSR count). The van der Waals surface area contributed by atoms with E-state index >= 15 is 0 Å². The number of benzene rings is 1. The third-order valence-corrected chi connectivity index (χ3v) is 0.756. The van der Waals surface area contributed by atoms with E-state index in [4.69, 9.17) is 5.11 Å². The molecular formula is C6H10Na2O2. The van der Waals surface area contributed by atoms with Crippen LogP contribution in [0.25, 0.3) is 0 Å². The first kappa shape index (κ1) is 17.2. The predicted molar refractivity (Wildman–Crippen MR) is 46.0 cm³/mol. The van der Waals surface area contributed by atoms with Crippen LogP contribution < -0.4 is 0 Å². The molecule has 0 atom stereocenters. The summed E-state index contributed by atoms with van der Waals surface area (Å²) in [7, 11) is 0. The molecule has 0 spiro atoms. The van der Waals surface area contributed by atoms with Crippen molar-refractivity contribution >= 4 is 59.1 Å². The normalized spacial score (nSPS) is 6.00. The van der Waals surface area contributed by atoms with Gasteiger partial charge in [-0.05, 0) is 12.1 Å². The van der Waals surface area contributed by atoms with Gasteiger partial charge in [0.15, 0.2) is 0 Å². The topological polar surface area (TPSA) is 51.7 Å². The molecule has 0 heterocycles. The predicted octanol–water partition coefficient (Wildman–Crippen LogP) is -0.730. The molecule has 2 nitrogen and oxygen atoms in total. The van der Waals surface area contributed by atoms with Crippen molar-refractivity contribution in [2.24, 2.45) is 0 Å². The van der Waals surface area contributed by atoms with Crippen molar-refractivity contribution in [1.82, 2.24) is 0 Å². The van der Waals surface area contributed by atoms with Crippen LogP contribution >= 0.6 is 0 Å². The Hall–Kier alpha value is 0.980. The van der Waals surface area contributed by atoms with Gasteiger partial charge in [0.2, 0.25) is 0 Å². The van der Waals surface area contributed by atoms with Gasteiger partial charge in [0, 0.05) is 0 Å². The van der Waals surface area contributed by atoms with Crippen LogP contribution in [0.1, 0.15) is 0 Å². The third kappa shape index (κ3) is 7.09. The van der Waals surface area contributed by atoms with E-state index in [2.05, 4.69) is 0 Å². The quantitative estimate of drug-likeness (QED) is 0.500. The molecule has 10 heavy (non-hydrogen) atoms. The van der Waals surface area contributed by atoms with E-state index in [0.29, 0.717) is 5.75 Å². The van der Waals surface area contributed by atoms with Crippen molar-refractivity contribution in [3.63, 3.8) is 0 Å². The Morgan fingerprint density at radius 1 is 0.900 bits per heavy atom. The maximum atomic E-state index is 8.63. The fourth-order valence-corrected chi connectivity index (χ4v) is 0.428. The summed E-state index contributed by atoms with van der Waals surface area (Å²) in [5, 5.41) is 8.63. The molecule has 0 unspecified atom stereocenters. The molecule has 0 amide bonds. The second kappa shape index (κ2) is 9.98. The summed E-state index contributed by atoms with van der Waals surface area (Å²) in [5.74, 6) is 0.322. The van der Waals surface area contributed by atoms with E-state index in [9.17, 15) is 0 Å². The Kier molecular flexibility index (Phi) is 17.1. The van der Waals surface area contributed by atoms with Crippen molar-refractivity contribution < 1.29 is 10.6 Å². The van der Waals surface area contributed by atoms with E-state index in [-0.39, 0.29) is 64.6 Å². The summed E-state index contributed by atoms with van der Waals surface area (Å²) >= 11 is 0. The number of hydrogen-bond acceptors (Lipinski definition) is 1. The Labute approximate surface area is 105 Å². The summed E-state index contributed by atoms with van der Waals surface area (Å²) in [4.78, 5) is 0. The van der Waals surface area contributed by atoms with Gasteiger partial charge < -0.3 is 10.6 Å². The molecule has 0 aliphatic heterocycles. The fourth-order valence-electron chi connectivity index (χ4n) is 0.428. The van der Waals surface area contributed by atoms with Gasteiger partial charge in [-0.1, -0.05) is 18.2 Å². The fraction of sp³-hybridized carbons (Fsp3) is 0. The van der Waals surface area contributed by atoms with Gasteiger partial charge in [0.1, 0.15) is 5.75 Å². The average molecular weight is 160 g/mol. The SMILES string of the molecule is O.Oc1ccccc1.[NaH].[NaH]. The number of rotatable bonds is 0. The Balaban J connectivity index is -0.000000163. The Morgan fingerprint density at radius 3 is 1.50 bits per heavy atom. The van der Waals surface area contributed by atoms with Gasteiger partial charge in [-0.15, -0.1) is 0 Å². The van der Waals surface area contributed by atoms with Crippen molar-refractivity contribution in [2.75, 3.05) is 0 Å². The zero-order valence-corrected chi connectivity index (χ0v) is 4.33. The van der Waals surface area contributed by atoms with Crippen LogP contribution in [-0.4, -0.2) is 69.7 Å². The van der Waals surface area contributed by atoms with E-state index in [1.54, 1.807) is 24.3 Å². The maximum absolute atomic E-state index is 8.63. The molecule has 1 aromatic carbocycles. The Bertz CT molecular complexity index is 144. The van der Waals surface area contributed by atoms with Crippen molar-refractivity contribution in [2.45, 2.75) is 0 Å². The second-order valence-corrected chi connectivity index (χ2v) is 1.34. The number of phenols is 1. The van der Waals surface area contributed by atoms with Crippen LogP contribution in [0.2, 0.25) is 0 Å². The van der Waals surface area contributed by atoms with Gasteiger partial charge in [-0.2, -0.15) is 0 Å². The van der Waals surface area contributed by atoms with Gasteiger partial charge in [0.05, 0.1) is 0 Å². The molecule has 0 aliphatic rings. The van der Waals surface area contributed by atoms with E-state index in [1.165, 1.54) is 0 Å². The molecular weight excluding hydrogens is 150 g/mol. The van der Waals surface area contributed by atoms with E-state index in [1.807, 2.05) is 6.07 Å². The molecule has 0 aromatic heterocycles. The van der Waals surface area contributed by atoms with Crippen molar-refractivity contribution in [1.29, 1.82) is 0 Å². The first-order valence-corrected chi connectivity index (χ1v) is 2.13. The minimum atomic E-state index is 0. The van der Waals surface area contributed by atoms with Gasteiger partial charge in [0.25, 0.3) is 0 Å². The van der Waals surface area contributed by atoms with Crippen molar-refractivity contribution in [3.05, 3.63) is 30.3 Å². The summed E-state index contributed by atoms with van der Waals surface area (Å²) < 4.78 is 0. The second-order valence-electron chi connectivity index (χ2n) is 1.34. The number of phenolic OH excluding ortho intramolecular Hbond substituents is 1. The molecule has 3 N–H and O–H groups in total. The molecule has 4 heteroatoms. The van der Waals surface area contributed by atoms with Crippen LogP contribution in [0, 0.1) is 0 Å². The molecule has 0 fully saturated rings. The molecule has 0 saturated carbocycles. The summed E-state index contributed by atoms with van der Waals surface area (Å²) in [6, 6.07) is 8.71. The first-order chi connectivity index (χ1) is 3.39. The molecule has 48 valence electrons. The van der Waals surface area contributed by atoms with Crippen LogP contribution in [-0.2, 0) is 0 Å². The third-order valence-electron chi connectivity index (χ3n) is 0.756. The van der Waals surface area contributed by atoms with Gasteiger partial charge >= 0.3 is 59.1 Å². The minimum absolute atomic E-state index is 0. The van der Waals surface area contributed by atoms with Gasteiger partial charge in [-0.25, -0.2) is 0 Å². The zero-order valence-electron chi connectivity index (χ0n) is 4.33. The monoisotopic (exact) mass is 160 g/mol. The summed E-state index contributed by atoms with van der Waals surface area (Å²) in [5.41, 5.74) is 0. The van der Waals surface area contributed by atoms with E-state index < -0.39 is 0 Å². The number of hydrogen-bond donors (Lipinski definition) is 1. The van der Waals surface area contributed by atoms with Gasteiger partial charge in [-0.3, -0.25) is 0 Å². The average Bonchev–Trinajstić information content (AvgIpc) is 1.69. The van der Waals surface area contributed by atoms with Crippen LogP contribution in [0.5, 0.6) is 5.75 Å². The van der Waals surface area contributed by atoms with Crippen LogP contribution in [0.15, 0.2) is 30.3 Å². The van der Waals surface area contributed by atoms with Crippen LogP contribution in [0.3, 0.4) is 0 Å². The molecule has 0 saturated heterocycles. The molecule has 0 radical (unpaired) electrons. The zero-order chi connectivity index (χ0) is 5.11. The molecule has 0 bridgehead atoms. The molecule has 1 aromatic rings. The summed E-state index contributed by atoms with van der Waals surface area (Å²) in [6.07, 6.45) is 0. The van der Waals surface area contributed by atoms with E-state index in [0.717, 1.165) is 0 Å². The number of aromatic hydroxyl groups is 1. The first-order valence-electron chi connectivity index (χ1n) is 2.13.